The first-order valence-electron chi connectivity index (χ1n) is 10.8. The monoisotopic (exact) mass is 397 g/mol. The molecule has 1 aromatic rings. The van der Waals surface area contributed by atoms with Crippen LogP contribution in [0.5, 0.6) is 5.75 Å². The Balaban J connectivity index is 0. The van der Waals surface area contributed by atoms with Crippen LogP contribution in [0.2, 0.25) is 0 Å². The van der Waals surface area contributed by atoms with E-state index in [1.807, 2.05) is 0 Å². The minimum absolute atomic E-state index is 0. The summed E-state index contributed by atoms with van der Waals surface area (Å²) in [5, 5.41) is 17.3. The number of quaternary nitrogens is 1. The van der Waals surface area contributed by atoms with Gasteiger partial charge in [-0.3, -0.25) is 0 Å². The maximum absolute atomic E-state index is 10.3. The number of rotatable bonds is 13. The second-order valence-corrected chi connectivity index (χ2v) is 7.47. The number of aromatic hydroxyl groups is 1. The zero-order valence-corrected chi connectivity index (χ0v) is 18.5. The van der Waals surface area contributed by atoms with E-state index in [1.165, 1.54) is 94.2 Å². The predicted molar refractivity (Wildman–Crippen MR) is 116 cm³/mol. The summed E-state index contributed by atoms with van der Waals surface area (Å²) >= 11 is 0. The summed E-state index contributed by atoms with van der Waals surface area (Å²) in [6.07, 6.45) is 11.1. The Bertz CT molecular complexity index is 468. The number of carbonyl (C=O) groups is 1. The Morgan fingerprint density at radius 3 is 1.39 bits per heavy atom. The van der Waals surface area contributed by atoms with Crippen LogP contribution in [-0.4, -0.2) is 52.3 Å². The van der Waals surface area contributed by atoms with Crippen LogP contribution in [0.1, 0.15) is 89.4 Å². The molecule has 3 N–H and O–H groups in total. The Morgan fingerprint density at radius 2 is 1.14 bits per heavy atom. The fourth-order valence-electron chi connectivity index (χ4n) is 3.30. The van der Waals surface area contributed by atoms with Crippen LogP contribution >= 0.6 is 0 Å². The number of hydrogen-bond donors (Lipinski definition) is 2. The Kier molecular flexibility index (Phi) is 17.9. The third-order valence-electron chi connectivity index (χ3n) is 5.08. The molecule has 0 spiro atoms. The summed E-state index contributed by atoms with van der Waals surface area (Å²) in [5.41, 5.74) is -0.0671. The minimum atomic E-state index is -1.11. The molecule has 5 nitrogen and oxygen atoms in total. The molecule has 0 aliphatic rings. The summed E-state index contributed by atoms with van der Waals surface area (Å²) in [4.78, 5) is 10.3. The van der Waals surface area contributed by atoms with E-state index >= 15 is 0 Å². The summed E-state index contributed by atoms with van der Waals surface area (Å²) in [6, 6.07) is 5.81. The molecule has 0 heterocycles. The van der Waals surface area contributed by atoms with Gasteiger partial charge in [-0.05, 0) is 37.8 Å². The van der Waals surface area contributed by atoms with Crippen molar-refractivity contribution in [2.75, 3.05) is 26.2 Å². The van der Waals surface area contributed by atoms with Crippen molar-refractivity contribution in [3.8, 4) is 5.75 Å². The van der Waals surface area contributed by atoms with E-state index in [4.69, 9.17) is 10.2 Å². The first kappa shape index (κ1) is 28.6. The number of carboxylic acid groups (broad SMARTS) is 1. The van der Waals surface area contributed by atoms with Gasteiger partial charge in [0.05, 0.1) is 26.2 Å². The van der Waals surface area contributed by atoms with Crippen LogP contribution in [0.4, 0.5) is 0 Å². The van der Waals surface area contributed by atoms with Crippen molar-refractivity contribution >= 4 is 5.97 Å². The summed E-state index contributed by atoms with van der Waals surface area (Å²) in [5.74, 6) is -1.31. The average Bonchev–Trinajstić information content (AvgIpc) is 2.67. The fourth-order valence-corrected chi connectivity index (χ4v) is 3.30. The molecule has 0 aromatic heterocycles. The van der Waals surface area contributed by atoms with E-state index in [0.717, 1.165) is 0 Å². The summed E-state index contributed by atoms with van der Waals surface area (Å²) in [6.45, 7) is 15.0. The lowest BCUT2D eigenvalue weighted by atomic mass is 10.1. The van der Waals surface area contributed by atoms with Crippen molar-refractivity contribution in [1.82, 2.24) is 0 Å². The van der Waals surface area contributed by atoms with Gasteiger partial charge in [0.2, 0.25) is 0 Å². The molecule has 5 heteroatoms. The van der Waals surface area contributed by atoms with Crippen LogP contribution in [-0.2, 0) is 0 Å². The van der Waals surface area contributed by atoms with Crippen molar-refractivity contribution in [3.05, 3.63) is 29.8 Å². The van der Waals surface area contributed by atoms with Gasteiger partial charge in [-0.15, -0.1) is 0 Å². The molecule has 0 saturated heterocycles. The third-order valence-corrected chi connectivity index (χ3v) is 5.08. The number of benzene rings is 1. The lowest BCUT2D eigenvalue weighted by Crippen LogP contribution is -2.50. The van der Waals surface area contributed by atoms with Gasteiger partial charge in [0.15, 0.2) is 0 Å². The van der Waals surface area contributed by atoms with E-state index in [-0.39, 0.29) is 16.8 Å². The SMILES string of the molecule is CCCC[N+](CCCC)(CCCC)CCCC.O=C(O)c1ccccc1O.[OH-]. The molecule has 0 unspecified atom stereocenters. The average molecular weight is 398 g/mol. The number of hydrogen-bond acceptors (Lipinski definition) is 3. The number of unbranched alkanes of at least 4 members (excludes halogenated alkanes) is 4. The second kappa shape index (κ2) is 17.5. The highest BCUT2D eigenvalue weighted by Gasteiger charge is 2.24. The molecular weight excluding hydrogens is 354 g/mol. The second-order valence-electron chi connectivity index (χ2n) is 7.47. The standard InChI is InChI=1S/C16H36N.C7H6O3.H2O/c1-5-9-13-17(14-10-6-2,15-11-7-3)16-12-8-4;8-6-4-2-1-3-5(6)7(9)10;/h5-16H2,1-4H3;1-4,8H,(H,9,10);1H2/q+1;;/p-1. The van der Waals surface area contributed by atoms with Gasteiger partial charge in [-0.25, -0.2) is 4.79 Å². The molecule has 0 bridgehead atoms. The van der Waals surface area contributed by atoms with Gasteiger partial charge in [0.1, 0.15) is 11.3 Å². The van der Waals surface area contributed by atoms with Gasteiger partial charge in [-0.2, -0.15) is 0 Å². The Hall–Kier alpha value is -1.59. The van der Waals surface area contributed by atoms with Gasteiger partial charge in [0.25, 0.3) is 0 Å². The largest absolute Gasteiger partial charge is 0.870 e. The Morgan fingerprint density at radius 1 is 0.786 bits per heavy atom. The third kappa shape index (κ3) is 12.0. The lowest BCUT2D eigenvalue weighted by molar-refractivity contribution is -0.929. The molecule has 0 amide bonds. The number of nitrogens with zero attached hydrogens (tertiary/aromatic N) is 1. The molecule has 1 aromatic carbocycles. The first-order chi connectivity index (χ1) is 13.0. The topological polar surface area (TPSA) is 87.5 Å². The molecule has 0 atom stereocenters. The maximum Gasteiger partial charge on any atom is 0.339 e. The first-order valence-corrected chi connectivity index (χ1v) is 10.8. The maximum atomic E-state index is 10.3. The van der Waals surface area contributed by atoms with Crippen LogP contribution in [0, 0.1) is 0 Å². The van der Waals surface area contributed by atoms with Crippen molar-refractivity contribution in [3.63, 3.8) is 0 Å². The van der Waals surface area contributed by atoms with Gasteiger partial charge >= 0.3 is 5.97 Å². The van der Waals surface area contributed by atoms with Gasteiger partial charge in [0, 0.05) is 0 Å². The number of carboxylic acids is 1. The van der Waals surface area contributed by atoms with Crippen LogP contribution in [0.25, 0.3) is 0 Å². The van der Waals surface area contributed by atoms with E-state index in [0.29, 0.717) is 0 Å². The zero-order valence-electron chi connectivity index (χ0n) is 18.5. The van der Waals surface area contributed by atoms with E-state index in [9.17, 15) is 4.79 Å². The predicted octanol–water partition coefficient (Wildman–Crippen LogP) is 5.92. The van der Waals surface area contributed by atoms with Crippen molar-refractivity contribution in [1.29, 1.82) is 0 Å². The van der Waals surface area contributed by atoms with Crippen LogP contribution < -0.4 is 0 Å². The molecule has 0 saturated carbocycles. The molecule has 28 heavy (non-hydrogen) atoms. The molecule has 164 valence electrons. The molecule has 1 rings (SSSR count). The Labute approximate surface area is 172 Å². The zero-order chi connectivity index (χ0) is 20.5. The molecule has 0 aliphatic heterocycles. The highest BCUT2D eigenvalue weighted by atomic mass is 16.4. The van der Waals surface area contributed by atoms with E-state index in [1.54, 1.807) is 12.1 Å². The van der Waals surface area contributed by atoms with Crippen molar-refractivity contribution in [2.24, 2.45) is 0 Å². The van der Waals surface area contributed by atoms with E-state index in [2.05, 4.69) is 27.7 Å². The smallest absolute Gasteiger partial charge is 0.339 e. The molecule has 0 fully saturated rings. The highest BCUT2D eigenvalue weighted by molar-refractivity contribution is 5.90. The number of phenols is 1. The normalized spacial score (nSPS) is 10.6. The molecular formula is C23H43NO4. The fraction of sp³-hybridized carbons (Fsp3) is 0.696. The lowest BCUT2D eigenvalue weighted by Gasteiger charge is -2.39. The quantitative estimate of drug-likeness (QED) is 0.405. The number of aromatic carboxylic acids is 1. The van der Waals surface area contributed by atoms with Gasteiger partial charge in [-0.1, -0.05) is 65.5 Å². The minimum Gasteiger partial charge on any atom is -0.870 e. The summed E-state index contributed by atoms with van der Waals surface area (Å²) in [7, 11) is 0. The molecule has 0 aliphatic carbocycles. The molecule has 0 radical (unpaired) electrons. The van der Waals surface area contributed by atoms with Gasteiger partial charge < -0.3 is 20.2 Å². The van der Waals surface area contributed by atoms with E-state index < -0.39 is 5.97 Å². The van der Waals surface area contributed by atoms with Crippen LogP contribution in [0.3, 0.4) is 0 Å². The summed E-state index contributed by atoms with van der Waals surface area (Å²) < 4.78 is 1.42. The van der Waals surface area contributed by atoms with Crippen LogP contribution in [0.15, 0.2) is 24.3 Å². The highest BCUT2D eigenvalue weighted by Crippen LogP contribution is 2.16. The van der Waals surface area contributed by atoms with Crippen molar-refractivity contribution in [2.45, 2.75) is 79.1 Å². The van der Waals surface area contributed by atoms with Crippen molar-refractivity contribution < 1.29 is 25.0 Å². The number of para-hydroxylation sites is 1.